The molecule has 0 saturated heterocycles. The van der Waals surface area contributed by atoms with Crippen LogP contribution in [0, 0.1) is 6.92 Å². The minimum absolute atomic E-state index is 0.00301. The van der Waals surface area contributed by atoms with Gasteiger partial charge in [0, 0.05) is 11.4 Å². The van der Waals surface area contributed by atoms with Crippen molar-refractivity contribution in [1.29, 1.82) is 0 Å². The second-order valence-electron chi connectivity index (χ2n) is 4.58. The first-order valence-electron chi connectivity index (χ1n) is 6.52. The van der Waals surface area contributed by atoms with Crippen LogP contribution in [-0.2, 0) is 6.54 Å². The molecule has 2 heterocycles. The fraction of sp³-hybridized carbons (Fsp3) is 0.200. The Hall–Kier alpha value is -1.98. The molecule has 0 spiro atoms. The summed E-state index contributed by atoms with van der Waals surface area (Å²) >= 11 is 1.75. The van der Waals surface area contributed by atoms with Crippen LogP contribution in [0.3, 0.4) is 0 Å². The van der Waals surface area contributed by atoms with Gasteiger partial charge in [-0.2, -0.15) is 5.10 Å². The summed E-state index contributed by atoms with van der Waals surface area (Å²) in [6.07, 6.45) is 0. The van der Waals surface area contributed by atoms with E-state index >= 15 is 0 Å². The van der Waals surface area contributed by atoms with Gasteiger partial charge >= 0.3 is 0 Å². The van der Waals surface area contributed by atoms with E-state index in [-0.39, 0.29) is 6.04 Å². The number of thiophene rings is 1. The predicted octanol–water partition coefficient (Wildman–Crippen LogP) is 3.05. The third-order valence-electron chi connectivity index (χ3n) is 3.07. The van der Waals surface area contributed by atoms with E-state index < -0.39 is 0 Å². The minimum atomic E-state index is 0.00301. The maximum absolute atomic E-state index is 4.46. The molecule has 5 heteroatoms. The highest BCUT2D eigenvalue weighted by molar-refractivity contribution is 7.09. The van der Waals surface area contributed by atoms with Crippen LogP contribution < -0.4 is 5.32 Å². The molecule has 0 aliphatic heterocycles. The van der Waals surface area contributed by atoms with E-state index in [2.05, 4.69) is 50.1 Å². The number of benzene rings is 1. The molecule has 0 radical (unpaired) electrons. The largest absolute Gasteiger partial charge is 0.299 e. The van der Waals surface area contributed by atoms with Gasteiger partial charge in [0.2, 0.25) is 0 Å². The van der Waals surface area contributed by atoms with Gasteiger partial charge in [-0.1, -0.05) is 36.4 Å². The molecule has 102 valence electrons. The predicted molar refractivity (Wildman–Crippen MR) is 80.6 cm³/mol. The van der Waals surface area contributed by atoms with Crippen molar-refractivity contribution >= 4 is 11.3 Å². The first kappa shape index (κ1) is 13.0. The molecule has 0 saturated carbocycles. The number of aromatic amines is 1. The Bertz CT molecular complexity index is 646. The minimum Gasteiger partial charge on any atom is -0.299 e. The lowest BCUT2D eigenvalue weighted by Gasteiger charge is -2.15. The van der Waals surface area contributed by atoms with Crippen molar-refractivity contribution in [3.05, 3.63) is 69.9 Å². The standard InChI is InChI=1S/C15H16N4S/c1-11-17-15(19-18-11)14(12-6-3-2-4-7-12)16-10-13-8-5-9-20-13/h2-9,14,16H,10H2,1H3,(H,17,18,19)/t14-/m0/s1. The molecule has 3 aromatic rings. The van der Waals surface area contributed by atoms with Gasteiger partial charge in [0.1, 0.15) is 5.82 Å². The number of nitrogens with one attached hydrogen (secondary N) is 2. The number of aryl methyl sites for hydroxylation is 1. The van der Waals surface area contributed by atoms with Gasteiger partial charge in [-0.15, -0.1) is 11.3 Å². The summed E-state index contributed by atoms with van der Waals surface area (Å²) < 4.78 is 0. The molecular weight excluding hydrogens is 268 g/mol. The maximum Gasteiger partial charge on any atom is 0.172 e. The second-order valence-corrected chi connectivity index (χ2v) is 5.62. The topological polar surface area (TPSA) is 53.6 Å². The highest BCUT2D eigenvalue weighted by Crippen LogP contribution is 2.20. The highest BCUT2D eigenvalue weighted by Gasteiger charge is 2.17. The van der Waals surface area contributed by atoms with E-state index in [9.17, 15) is 0 Å². The Morgan fingerprint density at radius 1 is 1.20 bits per heavy atom. The summed E-state index contributed by atoms with van der Waals surface area (Å²) in [6, 6.07) is 14.5. The van der Waals surface area contributed by atoms with E-state index in [0.717, 1.165) is 18.2 Å². The van der Waals surface area contributed by atoms with Crippen LogP contribution in [0.1, 0.15) is 28.1 Å². The van der Waals surface area contributed by atoms with Gasteiger partial charge in [0.05, 0.1) is 6.04 Å². The van der Waals surface area contributed by atoms with E-state index in [1.165, 1.54) is 10.4 Å². The molecule has 0 fully saturated rings. The summed E-state index contributed by atoms with van der Waals surface area (Å²) in [7, 11) is 0. The number of nitrogens with zero attached hydrogens (tertiary/aromatic N) is 2. The zero-order valence-corrected chi connectivity index (χ0v) is 12.0. The van der Waals surface area contributed by atoms with Crippen LogP contribution in [0.15, 0.2) is 47.8 Å². The normalized spacial score (nSPS) is 12.4. The molecule has 0 aliphatic carbocycles. The number of H-pyrrole nitrogens is 1. The van der Waals surface area contributed by atoms with Crippen LogP contribution in [-0.4, -0.2) is 15.2 Å². The van der Waals surface area contributed by atoms with Gasteiger partial charge < -0.3 is 0 Å². The monoisotopic (exact) mass is 284 g/mol. The molecule has 4 nitrogen and oxygen atoms in total. The van der Waals surface area contributed by atoms with Crippen LogP contribution in [0.25, 0.3) is 0 Å². The lowest BCUT2D eigenvalue weighted by Crippen LogP contribution is -2.22. The highest BCUT2D eigenvalue weighted by atomic mass is 32.1. The molecule has 1 atom stereocenters. The van der Waals surface area contributed by atoms with Crippen molar-refractivity contribution < 1.29 is 0 Å². The molecule has 0 unspecified atom stereocenters. The molecule has 3 rings (SSSR count). The Labute approximate surface area is 121 Å². The van der Waals surface area contributed by atoms with Crippen molar-refractivity contribution in [2.75, 3.05) is 0 Å². The van der Waals surface area contributed by atoms with E-state index in [0.29, 0.717) is 0 Å². The zero-order valence-electron chi connectivity index (χ0n) is 11.2. The van der Waals surface area contributed by atoms with Crippen LogP contribution >= 0.6 is 11.3 Å². The Morgan fingerprint density at radius 2 is 2.05 bits per heavy atom. The number of hydrogen-bond acceptors (Lipinski definition) is 4. The van der Waals surface area contributed by atoms with Crippen molar-refractivity contribution in [3.63, 3.8) is 0 Å². The van der Waals surface area contributed by atoms with Gasteiger partial charge in [-0.25, -0.2) is 4.98 Å². The first-order valence-corrected chi connectivity index (χ1v) is 7.40. The molecule has 2 N–H and O–H groups in total. The van der Waals surface area contributed by atoms with Crippen molar-refractivity contribution in [3.8, 4) is 0 Å². The van der Waals surface area contributed by atoms with Gasteiger partial charge in [-0.3, -0.25) is 10.4 Å². The summed E-state index contributed by atoms with van der Waals surface area (Å²) in [5.74, 6) is 1.61. The lowest BCUT2D eigenvalue weighted by atomic mass is 10.1. The lowest BCUT2D eigenvalue weighted by molar-refractivity contribution is 0.581. The molecule has 1 aromatic carbocycles. The average molecular weight is 284 g/mol. The number of hydrogen-bond donors (Lipinski definition) is 2. The molecule has 0 bridgehead atoms. The fourth-order valence-electron chi connectivity index (χ4n) is 2.11. The summed E-state index contributed by atoms with van der Waals surface area (Å²) in [6.45, 7) is 2.72. The van der Waals surface area contributed by atoms with Gasteiger partial charge in [-0.05, 0) is 23.9 Å². The third-order valence-corrected chi connectivity index (χ3v) is 3.94. The zero-order chi connectivity index (χ0) is 13.8. The molecule has 2 aromatic heterocycles. The van der Waals surface area contributed by atoms with E-state index in [4.69, 9.17) is 0 Å². The van der Waals surface area contributed by atoms with Gasteiger partial charge in [0.25, 0.3) is 0 Å². The van der Waals surface area contributed by atoms with Crippen molar-refractivity contribution in [1.82, 2.24) is 20.5 Å². The van der Waals surface area contributed by atoms with E-state index in [1.807, 2.05) is 25.1 Å². The molecule has 0 amide bonds. The SMILES string of the molecule is Cc1nc([C@@H](NCc2cccs2)c2ccccc2)n[nH]1. The van der Waals surface area contributed by atoms with Crippen LogP contribution in [0.4, 0.5) is 0 Å². The summed E-state index contributed by atoms with van der Waals surface area (Å²) in [4.78, 5) is 5.77. The number of rotatable bonds is 5. The third kappa shape index (κ3) is 2.95. The van der Waals surface area contributed by atoms with Crippen LogP contribution in [0.5, 0.6) is 0 Å². The Balaban J connectivity index is 1.84. The fourth-order valence-corrected chi connectivity index (χ4v) is 2.76. The molecule has 0 aliphatic rings. The smallest absolute Gasteiger partial charge is 0.172 e. The number of aromatic nitrogens is 3. The summed E-state index contributed by atoms with van der Waals surface area (Å²) in [5.41, 5.74) is 1.17. The van der Waals surface area contributed by atoms with E-state index in [1.54, 1.807) is 11.3 Å². The van der Waals surface area contributed by atoms with Crippen molar-refractivity contribution in [2.24, 2.45) is 0 Å². The van der Waals surface area contributed by atoms with Crippen molar-refractivity contribution in [2.45, 2.75) is 19.5 Å². The average Bonchev–Trinajstić information content (AvgIpc) is 3.12. The maximum atomic E-state index is 4.46. The quantitative estimate of drug-likeness (QED) is 0.757. The summed E-state index contributed by atoms with van der Waals surface area (Å²) in [5, 5.41) is 12.8. The molecule has 20 heavy (non-hydrogen) atoms. The second kappa shape index (κ2) is 5.98. The first-order chi connectivity index (χ1) is 9.83. The van der Waals surface area contributed by atoms with Gasteiger partial charge in [0.15, 0.2) is 5.82 Å². The van der Waals surface area contributed by atoms with Crippen LogP contribution in [0.2, 0.25) is 0 Å². The Kier molecular flexibility index (Phi) is 3.90. The Morgan fingerprint density at radius 3 is 2.70 bits per heavy atom. The molecular formula is C15H16N4S.